The average molecular weight is 245 g/mol. The third kappa shape index (κ3) is 3.70. The van der Waals surface area contributed by atoms with Gasteiger partial charge in [-0.1, -0.05) is 0 Å². The van der Waals surface area contributed by atoms with Crippen molar-refractivity contribution in [2.24, 2.45) is 5.92 Å². The molecule has 0 aliphatic carbocycles. The van der Waals surface area contributed by atoms with Gasteiger partial charge < -0.3 is 9.64 Å². The van der Waals surface area contributed by atoms with Crippen molar-refractivity contribution >= 4 is 23.6 Å². The molecule has 1 saturated heterocycles. The number of amides is 1. The fourth-order valence-electron chi connectivity index (χ4n) is 1.70. The number of hydrogen-bond acceptors (Lipinski definition) is 4. The summed E-state index contributed by atoms with van der Waals surface area (Å²) >= 11 is 1.80. The predicted octanol–water partition coefficient (Wildman–Crippen LogP) is 1.15. The maximum Gasteiger partial charge on any atom is 0.325 e. The molecule has 0 radical (unpaired) electrons. The maximum absolute atomic E-state index is 12.0. The van der Waals surface area contributed by atoms with E-state index in [-0.39, 0.29) is 24.3 Å². The molecule has 1 amide bonds. The first kappa shape index (κ1) is 13.4. The highest BCUT2D eigenvalue weighted by Gasteiger charge is 2.28. The molecule has 0 aromatic carbocycles. The summed E-state index contributed by atoms with van der Waals surface area (Å²) in [6, 6.07) is 0. The second kappa shape index (κ2) is 6.78. The van der Waals surface area contributed by atoms with Crippen molar-refractivity contribution < 1.29 is 14.3 Å². The van der Waals surface area contributed by atoms with Crippen molar-refractivity contribution in [2.45, 2.75) is 20.3 Å². The van der Waals surface area contributed by atoms with Crippen molar-refractivity contribution in [3.63, 3.8) is 0 Å². The zero-order valence-electron chi connectivity index (χ0n) is 9.90. The highest BCUT2D eigenvalue weighted by molar-refractivity contribution is 7.99. The number of nitrogens with zero attached hydrogens (tertiary/aromatic N) is 1. The Kier molecular flexibility index (Phi) is 5.66. The SMILES string of the molecule is CCOC(=O)CN(CC)C(=O)C1CCSC1. The summed E-state index contributed by atoms with van der Waals surface area (Å²) in [7, 11) is 0. The lowest BCUT2D eigenvalue weighted by atomic mass is 10.1. The highest BCUT2D eigenvalue weighted by atomic mass is 32.2. The normalized spacial score (nSPS) is 19.5. The van der Waals surface area contributed by atoms with Crippen molar-refractivity contribution in [3.05, 3.63) is 0 Å². The van der Waals surface area contributed by atoms with Gasteiger partial charge in [-0.05, 0) is 26.0 Å². The Morgan fingerprint density at radius 3 is 2.69 bits per heavy atom. The van der Waals surface area contributed by atoms with E-state index in [4.69, 9.17) is 4.74 Å². The summed E-state index contributed by atoms with van der Waals surface area (Å²) in [6.07, 6.45) is 0.933. The number of carbonyl (C=O) groups is 2. The van der Waals surface area contributed by atoms with Crippen LogP contribution in [0.1, 0.15) is 20.3 Å². The Morgan fingerprint density at radius 2 is 2.19 bits per heavy atom. The topological polar surface area (TPSA) is 46.6 Å². The number of thioether (sulfide) groups is 1. The minimum atomic E-state index is -0.316. The Balaban J connectivity index is 2.45. The molecule has 1 heterocycles. The van der Waals surface area contributed by atoms with Gasteiger partial charge in [0.25, 0.3) is 0 Å². The number of ether oxygens (including phenoxy) is 1. The van der Waals surface area contributed by atoms with Gasteiger partial charge in [-0.25, -0.2) is 0 Å². The van der Waals surface area contributed by atoms with E-state index in [1.54, 1.807) is 23.6 Å². The van der Waals surface area contributed by atoms with Gasteiger partial charge in [0.1, 0.15) is 6.54 Å². The molecule has 0 spiro atoms. The van der Waals surface area contributed by atoms with Crippen LogP contribution >= 0.6 is 11.8 Å². The lowest BCUT2D eigenvalue weighted by molar-refractivity contribution is -0.149. The van der Waals surface area contributed by atoms with Crippen LogP contribution in [0.25, 0.3) is 0 Å². The summed E-state index contributed by atoms with van der Waals surface area (Å²) in [6.45, 7) is 4.68. The minimum absolute atomic E-state index is 0.0876. The molecule has 0 aromatic heterocycles. The minimum Gasteiger partial charge on any atom is -0.465 e. The summed E-state index contributed by atoms with van der Waals surface area (Å²) in [5.41, 5.74) is 0. The van der Waals surface area contributed by atoms with Crippen LogP contribution in [0.3, 0.4) is 0 Å². The van der Waals surface area contributed by atoms with E-state index in [0.29, 0.717) is 13.2 Å². The molecule has 0 aromatic rings. The standard InChI is InChI=1S/C11H19NO3S/c1-3-12(7-10(13)15-4-2)11(14)9-5-6-16-8-9/h9H,3-8H2,1-2H3. The smallest absolute Gasteiger partial charge is 0.325 e. The van der Waals surface area contributed by atoms with Crippen LogP contribution in [0.2, 0.25) is 0 Å². The predicted molar refractivity (Wildman–Crippen MR) is 64.3 cm³/mol. The quantitative estimate of drug-likeness (QED) is 0.682. The molecule has 92 valence electrons. The maximum atomic E-state index is 12.0. The fraction of sp³-hybridized carbons (Fsp3) is 0.818. The molecule has 5 heteroatoms. The van der Waals surface area contributed by atoms with Crippen LogP contribution < -0.4 is 0 Å². The van der Waals surface area contributed by atoms with E-state index in [9.17, 15) is 9.59 Å². The number of hydrogen-bond donors (Lipinski definition) is 0. The molecule has 1 unspecified atom stereocenters. The van der Waals surface area contributed by atoms with Crippen molar-refractivity contribution in [2.75, 3.05) is 31.2 Å². The monoisotopic (exact) mass is 245 g/mol. The van der Waals surface area contributed by atoms with Crippen molar-refractivity contribution in [1.82, 2.24) is 4.90 Å². The number of carbonyl (C=O) groups excluding carboxylic acids is 2. The zero-order valence-corrected chi connectivity index (χ0v) is 10.7. The summed E-state index contributed by atoms with van der Waals surface area (Å²) < 4.78 is 4.85. The van der Waals surface area contributed by atoms with Crippen LogP contribution in [0, 0.1) is 5.92 Å². The third-order valence-corrected chi connectivity index (χ3v) is 3.76. The Bertz CT molecular complexity index is 252. The summed E-state index contributed by atoms with van der Waals surface area (Å²) in [5.74, 6) is 1.81. The molecule has 1 aliphatic heterocycles. The molecule has 1 rings (SSSR count). The van der Waals surface area contributed by atoms with Gasteiger partial charge in [-0.2, -0.15) is 11.8 Å². The second-order valence-corrected chi connectivity index (χ2v) is 4.87. The van der Waals surface area contributed by atoms with Gasteiger partial charge in [0.05, 0.1) is 6.61 Å². The van der Waals surface area contributed by atoms with Gasteiger partial charge >= 0.3 is 5.97 Å². The molecule has 1 fully saturated rings. The molecule has 0 saturated carbocycles. The van der Waals surface area contributed by atoms with E-state index in [2.05, 4.69) is 0 Å². The van der Waals surface area contributed by atoms with E-state index >= 15 is 0 Å². The van der Waals surface area contributed by atoms with Crippen LogP contribution in [0.4, 0.5) is 0 Å². The van der Waals surface area contributed by atoms with E-state index in [0.717, 1.165) is 17.9 Å². The number of rotatable bonds is 5. The lowest BCUT2D eigenvalue weighted by Gasteiger charge is -2.22. The highest BCUT2D eigenvalue weighted by Crippen LogP contribution is 2.25. The molecule has 0 bridgehead atoms. The van der Waals surface area contributed by atoms with Crippen molar-refractivity contribution in [3.8, 4) is 0 Å². The van der Waals surface area contributed by atoms with Gasteiger partial charge in [0.2, 0.25) is 5.91 Å². The molecule has 0 N–H and O–H groups in total. The van der Waals surface area contributed by atoms with Crippen LogP contribution in [0.15, 0.2) is 0 Å². The Morgan fingerprint density at radius 1 is 1.44 bits per heavy atom. The number of esters is 1. The molecular formula is C11H19NO3S. The van der Waals surface area contributed by atoms with E-state index < -0.39 is 0 Å². The lowest BCUT2D eigenvalue weighted by Crippen LogP contribution is -2.40. The Labute approximate surface area is 101 Å². The van der Waals surface area contributed by atoms with Gasteiger partial charge in [0, 0.05) is 18.2 Å². The van der Waals surface area contributed by atoms with Crippen LogP contribution in [-0.2, 0) is 14.3 Å². The van der Waals surface area contributed by atoms with Crippen LogP contribution in [0.5, 0.6) is 0 Å². The molecular weight excluding hydrogens is 226 g/mol. The van der Waals surface area contributed by atoms with Crippen molar-refractivity contribution in [1.29, 1.82) is 0 Å². The second-order valence-electron chi connectivity index (χ2n) is 3.72. The fourth-order valence-corrected chi connectivity index (χ4v) is 2.91. The molecule has 1 atom stereocenters. The summed E-state index contributed by atoms with van der Waals surface area (Å²) in [4.78, 5) is 24.9. The third-order valence-electron chi connectivity index (χ3n) is 2.60. The zero-order chi connectivity index (χ0) is 12.0. The van der Waals surface area contributed by atoms with Gasteiger partial charge in [-0.15, -0.1) is 0 Å². The summed E-state index contributed by atoms with van der Waals surface area (Å²) in [5, 5.41) is 0. The van der Waals surface area contributed by atoms with Crippen LogP contribution in [-0.4, -0.2) is 48.0 Å². The molecule has 4 nitrogen and oxygen atoms in total. The van der Waals surface area contributed by atoms with Gasteiger partial charge in [-0.3, -0.25) is 9.59 Å². The number of likely N-dealkylation sites (N-methyl/N-ethyl adjacent to an activating group) is 1. The van der Waals surface area contributed by atoms with E-state index in [1.165, 1.54) is 0 Å². The first-order valence-electron chi connectivity index (χ1n) is 5.71. The Hall–Kier alpha value is -0.710. The molecule has 1 aliphatic rings. The first-order chi connectivity index (χ1) is 7.69. The van der Waals surface area contributed by atoms with E-state index in [1.807, 2.05) is 6.92 Å². The largest absolute Gasteiger partial charge is 0.465 e. The first-order valence-corrected chi connectivity index (χ1v) is 6.86. The van der Waals surface area contributed by atoms with Gasteiger partial charge in [0.15, 0.2) is 0 Å². The average Bonchev–Trinajstić information content (AvgIpc) is 2.78. The molecule has 16 heavy (non-hydrogen) atoms.